The normalized spacial score (nSPS) is 17.8. The molecule has 32 heavy (non-hydrogen) atoms. The maximum Gasteiger partial charge on any atom is 0.0642 e. The van der Waals surface area contributed by atoms with Crippen LogP contribution in [0.15, 0.2) is 84.5 Å². The lowest BCUT2D eigenvalue weighted by Crippen LogP contribution is -2.45. The largest absolute Gasteiger partial charge is 0.378 e. The molecule has 2 aliphatic rings. The van der Waals surface area contributed by atoms with Gasteiger partial charge >= 0.3 is 0 Å². The summed E-state index contributed by atoms with van der Waals surface area (Å²) in [5.74, 6) is 0. The maximum atomic E-state index is 5.53. The Hall–Kier alpha value is -2.62. The van der Waals surface area contributed by atoms with Crippen LogP contribution in [0.25, 0.3) is 5.57 Å². The number of hydrogen-bond donors (Lipinski definition) is 0. The van der Waals surface area contributed by atoms with Crippen molar-refractivity contribution in [3.8, 4) is 0 Å². The number of aryl methyl sites for hydroxylation is 1. The van der Waals surface area contributed by atoms with Crippen molar-refractivity contribution < 1.29 is 4.74 Å². The number of likely N-dealkylation sites (N-methyl/N-ethyl adjacent to an activating group) is 1. The Morgan fingerprint density at radius 3 is 2.19 bits per heavy atom. The number of morpholine rings is 1. The second-order valence-corrected chi connectivity index (χ2v) is 8.96. The summed E-state index contributed by atoms with van der Waals surface area (Å²) in [6.07, 6.45) is 12.0. The van der Waals surface area contributed by atoms with Crippen LogP contribution in [-0.4, -0.2) is 50.8 Å². The highest BCUT2D eigenvalue weighted by Crippen LogP contribution is 2.42. The second kappa shape index (κ2) is 10.3. The molecule has 3 nitrogen and oxygen atoms in total. The Morgan fingerprint density at radius 2 is 1.59 bits per heavy atom. The molecule has 0 spiro atoms. The second-order valence-electron chi connectivity index (χ2n) is 8.96. The number of benzene rings is 2. The first-order chi connectivity index (χ1) is 15.6. The van der Waals surface area contributed by atoms with Gasteiger partial charge in [0, 0.05) is 24.3 Å². The third kappa shape index (κ3) is 4.74. The first kappa shape index (κ1) is 22.6. The minimum Gasteiger partial charge on any atom is -0.378 e. The molecule has 3 heteroatoms. The van der Waals surface area contributed by atoms with Crippen molar-refractivity contribution in [2.75, 3.05) is 45.3 Å². The van der Waals surface area contributed by atoms with Crippen LogP contribution in [-0.2, 0) is 11.2 Å². The Bertz CT molecular complexity index is 952. The highest BCUT2D eigenvalue weighted by atomic mass is 16.5. The van der Waals surface area contributed by atoms with Crippen LogP contribution in [0.2, 0.25) is 0 Å². The zero-order chi connectivity index (χ0) is 22.4. The van der Waals surface area contributed by atoms with Crippen molar-refractivity contribution in [3.05, 3.63) is 95.6 Å². The van der Waals surface area contributed by atoms with E-state index in [1.807, 2.05) is 0 Å². The van der Waals surface area contributed by atoms with Crippen molar-refractivity contribution in [1.82, 2.24) is 4.90 Å². The van der Waals surface area contributed by atoms with Gasteiger partial charge in [0.05, 0.1) is 13.2 Å². The smallest absolute Gasteiger partial charge is 0.0642 e. The van der Waals surface area contributed by atoms with E-state index in [4.69, 9.17) is 4.74 Å². The van der Waals surface area contributed by atoms with Gasteiger partial charge in [0.25, 0.3) is 0 Å². The minimum absolute atomic E-state index is 0.0509. The average Bonchev–Trinajstić information content (AvgIpc) is 3.37. The van der Waals surface area contributed by atoms with Crippen LogP contribution in [0.4, 0.5) is 5.69 Å². The topological polar surface area (TPSA) is 15.7 Å². The molecule has 168 valence electrons. The van der Waals surface area contributed by atoms with E-state index in [1.165, 1.54) is 28.0 Å². The van der Waals surface area contributed by atoms with Crippen molar-refractivity contribution in [2.24, 2.45) is 0 Å². The van der Waals surface area contributed by atoms with E-state index in [0.717, 1.165) is 45.6 Å². The minimum atomic E-state index is -0.0509. The molecule has 1 unspecified atom stereocenters. The molecule has 2 aromatic carbocycles. The van der Waals surface area contributed by atoms with E-state index >= 15 is 0 Å². The van der Waals surface area contributed by atoms with Crippen molar-refractivity contribution in [3.63, 3.8) is 0 Å². The molecule has 1 saturated heterocycles. The molecule has 4 rings (SSSR count). The first-order valence-electron chi connectivity index (χ1n) is 11.9. The summed E-state index contributed by atoms with van der Waals surface area (Å²) in [6, 6.07) is 20.1. The molecule has 1 aliphatic carbocycles. The summed E-state index contributed by atoms with van der Waals surface area (Å²) in [7, 11) is 4.47. The van der Waals surface area contributed by atoms with E-state index in [0.29, 0.717) is 0 Å². The van der Waals surface area contributed by atoms with Gasteiger partial charge in [-0.05, 0) is 67.8 Å². The van der Waals surface area contributed by atoms with Crippen molar-refractivity contribution in [2.45, 2.75) is 31.7 Å². The fourth-order valence-electron chi connectivity index (χ4n) is 5.14. The molecule has 1 heterocycles. The highest BCUT2D eigenvalue weighted by molar-refractivity contribution is 5.81. The molecule has 0 saturated carbocycles. The van der Waals surface area contributed by atoms with Crippen LogP contribution in [0.3, 0.4) is 0 Å². The van der Waals surface area contributed by atoms with E-state index < -0.39 is 0 Å². The fraction of sp³-hybridized carbons (Fsp3) is 0.379. The first-order valence-corrected chi connectivity index (χ1v) is 11.9. The van der Waals surface area contributed by atoms with Gasteiger partial charge in [-0.15, -0.1) is 0 Å². The Morgan fingerprint density at radius 1 is 0.938 bits per heavy atom. The third-order valence-corrected chi connectivity index (χ3v) is 7.06. The Balaban J connectivity index is 1.71. The lowest BCUT2D eigenvalue weighted by Gasteiger charge is -2.43. The number of nitrogens with zero attached hydrogens (tertiary/aromatic N) is 2. The van der Waals surface area contributed by atoms with Gasteiger partial charge in [-0.3, -0.25) is 4.90 Å². The van der Waals surface area contributed by atoms with Gasteiger partial charge in [0.2, 0.25) is 0 Å². The molecular formula is C29H36N2O. The zero-order valence-electron chi connectivity index (χ0n) is 19.8. The Kier molecular flexibility index (Phi) is 7.29. The molecule has 0 amide bonds. The van der Waals surface area contributed by atoms with Gasteiger partial charge < -0.3 is 9.64 Å². The molecule has 2 aromatic rings. The summed E-state index contributed by atoms with van der Waals surface area (Å²) in [6.45, 7) is 5.88. The predicted octanol–water partition coefficient (Wildman–Crippen LogP) is 5.75. The Labute approximate surface area is 193 Å². The van der Waals surface area contributed by atoms with Gasteiger partial charge in [0.15, 0.2) is 0 Å². The SMILES string of the molecule is CCC(CCc1ccccc1)(C(=C1C=CC=C1)c1ccc(N2CCOCC2)cc1)N(C)C. The van der Waals surface area contributed by atoms with E-state index in [2.05, 4.69) is 110 Å². The van der Waals surface area contributed by atoms with Crippen LogP contribution in [0.5, 0.6) is 0 Å². The summed E-state index contributed by atoms with van der Waals surface area (Å²) in [5.41, 5.74) is 6.71. The fourth-order valence-corrected chi connectivity index (χ4v) is 5.14. The molecule has 0 aromatic heterocycles. The summed E-state index contributed by atoms with van der Waals surface area (Å²) < 4.78 is 5.53. The number of anilines is 1. The number of allylic oxidation sites excluding steroid dienone is 5. The van der Waals surface area contributed by atoms with Crippen molar-refractivity contribution in [1.29, 1.82) is 0 Å². The molecule has 1 fully saturated rings. The van der Waals surface area contributed by atoms with Gasteiger partial charge in [-0.2, -0.15) is 0 Å². The molecule has 1 atom stereocenters. The molecule has 0 N–H and O–H groups in total. The molecule has 1 aliphatic heterocycles. The predicted molar refractivity (Wildman–Crippen MR) is 136 cm³/mol. The maximum absolute atomic E-state index is 5.53. The average molecular weight is 429 g/mol. The van der Waals surface area contributed by atoms with E-state index in [9.17, 15) is 0 Å². The number of rotatable bonds is 8. The van der Waals surface area contributed by atoms with Crippen LogP contribution in [0, 0.1) is 0 Å². The van der Waals surface area contributed by atoms with Gasteiger partial charge in [-0.1, -0.05) is 73.7 Å². The summed E-state index contributed by atoms with van der Waals surface area (Å²) >= 11 is 0. The summed E-state index contributed by atoms with van der Waals surface area (Å²) in [5, 5.41) is 0. The lowest BCUT2D eigenvalue weighted by atomic mass is 9.75. The van der Waals surface area contributed by atoms with Gasteiger partial charge in [-0.25, -0.2) is 0 Å². The third-order valence-electron chi connectivity index (χ3n) is 7.06. The molecular weight excluding hydrogens is 392 g/mol. The van der Waals surface area contributed by atoms with E-state index in [-0.39, 0.29) is 5.54 Å². The summed E-state index contributed by atoms with van der Waals surface area (Å²) in [4.78, 5) is 4.86. The van der Waals surface area contributed by atoms with Crippen LogP contribution in [0.1, 0.15) is 30.9 Å². The lowest BCUT2D eigenvalue weighted by molar-refractivity contribution is 0.122. The number of hydrogen-bond acceptors (Lipinski definition) is 3. The van der Waals surface area contributed by atoms with E-state index in [1.54, 1.807) is 0 Å². The standard InChI is InChI=1S/C29H36N2O/c1-4-29(30(2)3,19-18-24-10-6-5-7-11-24)28(25-12-8-9-13-25)26-14-16-27(17-15-26)31-20-22-32-23-21-31/h5-17H,4,18-23H2,1-3H3. The highest BCUT2D eigenvalue weighted by Gasteiger charge is 2.37. The monoisotopic (exact) mass is 428 g/mol. The van der Waals surface area contributed by atoms with Crippen molar-refractivity contribution >= 4 is 11.3 Å². The zero-order valence-corrected chi connectivity index (χ0v) is 19.8. The number of ether oxygens (including phenoxy) is 1. The van der Waals surface area contributed by atoms with Crippen LogP contribution < -0.4 is 4.90 Å². The molecule has 0 radical (unpaired) electrons. The van der Waals surface area contributed by atoms with Crippen LogP contribution >= 0.6 is 0 Å². The van der Waals surface area contributed by atoms with Gasteiger partial charge in [0.1, 0.15) is 0 Å². The molecule has 0 bridgehead atoms. The quantitative estimate of drug-likeness (QED) is 0.533.